The number of aryl methyl sites for hydroxylation is 1. The average Bonchev–Trinajstić information content (AvgIpc) is 3.33. The molecule has 1 saturated carbocycles. The minimum absolute atomic E-state index is 0.0167. The molecule has 0 spiro atoms. The van der Waals surface area contributed by atoms with E-state index < -0.39 is 0 Å². The molecule has 0 radical (unpaired) electrons. The molecule has 0 aromatic carbocycles. The van der Waals surface area contributed by atoms with Crippen molar-refractivity contribution in [2.24, 2.45) is 5.92 Å². The summed E-state index contributed by atoms with van der Waals surface area (Å²) in [5.74, 6) is 2.33. The number of hydrogen-bond acceptors (Lipinski definition) is 5. The van der Waals surface area contributed by atoms with E-state index in [1.807, 2.05) is 11.8 Å². The van der Waals surface area contributed by atoms with Crippen molar-refractivity contribution in [3.05, 3.63) is 11.6 Å². The Morgan fingerprint density at radius 3 is 2.84 bits per heavy atom. The van der Waals surface area contributed by atoms with E-state index in [1.165, 1.54) is 25.7 Å². The van der Waals surface area contributed by atoms with Gasteiger partial charge in [-0.2, -0.15) is 5.10 Å². The largest absolute Gasteiger partial charge is 0.375 e. The molecule has 1 aliphatic carbocycles. The van der Waals surface area contributed by atoms with Crippen molar-refractivity contribution < 1.29 is 9.53 Å². The molecule has 2 saturated heterocycles. The fourth-order valence-corrected chi connectivity index (χ4v) is 5.14. The molecule has 138 valence electrons. The molecule has 3 heterocycles. The van der Waals surface area contributed by atoms with Crippen LogP contribution in [0.25, 0.3) is 0 Å². The van der Waals surface area contributed by atoms with Crippen LogP contribution in [0, 0.1) is 12.8 Å². The third-order valence-corrected chi connectivity index (χ3v) is 6.49. The number of H-pyrrole nitrogens is 1. The van der Waals surface area contributed by atoms with Gasteiger partial charge in [-0.05, 0) is 26.2 Å². The maximum absolute atomic E-state index is 12.3. The molecule has 3 fully saturated rings. The quantitative estimate of drug-likeness (QED) is 0.883. The molecular weight excluding hydrogens is 318 g/mol. The predicted molar refractivity (Wildman–Crippen MR) is 93.2 cm³/mol. The Balaban J connectivity index is 1.59. The maximum atomic E-state index is 12.3. The zero-order valence-electron chi connectivity index (χ0n) is 15.3. The highest BCUT2D eigenvalue weighted by Crippen LogP contribution is 2.45. The standard InChI is InChI=1S/C18H29N5O2/c1-13-19-17(21-20-13)18-7-8-22(16(24)11-25-2)9-14(18)10-23(12-18)15-5-3-4-6-15/h14-15H,3-12H2,1-2H3,(H,19,20,21)/t14-,18-/m1/s1. The summed E-state index contributed by atoms with van der Waals surface area (Å²) in [6.07, 6.45) is 6.24. The van der Waals surface area contributed by atoms with Gasteiger partial charge in [-0.3, -0.25) is 14.8 Å². The van der Waals surface area contributed by atoms with Gasteiger partial charge in [0.1, 0.15) is 12.4 Å². The van der Waals surface area contributed by atoms with Crippen LogP contribution in [0.5, 0.6) is 0 Å². The number of piperidine rings is 1. The van der Waals surface area contributed by atoms with E-state index in [1.54, 1.807) is 7.11 Å². The van der Waals surface area contributed by atoms with Crippen molar-refractivity contribution in [2.75, 3.05) is 39.9 Å². The van der Waals surface area contributed by atoms with E-state index in [0.29, 0.717) is 12.0 Å². The number of amides is 1. The Morgan fingerprint density at radius 2 is 2.16 bits per heavy atom. The highest BCUT2D eigenvalue weighted by molar-refractivity contribution is 5.77. The van der Waals surface area contributed by atoms with E-state index in [0.717, 1.165) is 44.2 Å². The molecule has 7 heteroatoms. The first kappa shape index (κ1) is 17.0. The second-order valence-corrected chi connectivity index (χ2v) is 7.99. The Bertz CT molecular complexity index is 627. The Hall–Kier alpha value is -1.47. The van der Waals surface area contributed by atoms with Crippen molar-refractivity contribution in [3.8, 4) is 0 Å². The van der Waals surface area contributed by atoms with E-state index in [2.05, 4.69) is 15.1 Å². The van der Waals surface area contributed by atoms with Crippen LogP contribution in [0.2, 0.25) is 0 Å². The lowest BCUT2D eigenvalue weighted by molar-refractivity contribution is -0.137. The third-order valence-electron chi connectivity index (χ3n) is 6.49. The van der Waals surface area contributed by atoms with Crippen molar-refractivity contribution in [3.63, 3.8) is 0 Å². The molecule has 1 N–H and O–H groups in total. The molecule has 1 aromatic heterocycles. The number of aromatic amines is 1. The highest BCUT2D eigenvalue weighted by Gasteiger charge is 2.54. The monoisotopic (exact) mass is 347 g/mol. The fourth-order valence-electron chi connectivity index (χ4n) is 5.14. The van der Waals surface area contributed by atoms with E-state index in [9.17, 15) is 4.79 Å². The number of ether oxygens (including phenoxy) is 1. The Kier molecular flexibility index (Phi) is 4.54. The smallest absolute Gasteiger partial charge is 0.248 e. The molecule has 3 aliphatic rings. The lowest BCUT2D eigenvalue weighted by Gasteiger charge is -2.41. The van der Waals surface area contributed by atoms with E-state index in [-0.39, 0.29) is 17.9 Å². The maximum Gasteiger partial charge on any atom is 0.248 e. The van der Waals surface area contributed by atoms with Gasteiger partial charge in [-0.25, -0.2) is 4.98 Å². The predicted octanol–water partition coefficient (Wildman–Crippen LogP) is 1.10. The SMILES string of the molecule is COCC(=O)N1CC[C@@]2(c3n[nH]c(C)n3)CN(C3CCCC3)C[C@H]2C1. The van der Waals surface area contributed by atoms with Crippen molar-refractivity contribution >= 4 is 5.91 Å². The van der Waals surface area contributed by atoms with Gasteiger partial charge in [0.15, 0.2) is 5.82 Å². The number of nitrogens with one attached hydrogen (secondary N) is 1. The third kappa shape index (κ3) is 2.97. The van der Waals surface area contributed by atoms with Crippen molar-refractivity contribution in [1.29, 1.82) is 0 Å². The van der Waals surface area contributed by atoms with Crippen molar-refractivity contribution in [1.82, 2.24) is 25.0 Å². The fraction of sp³-hybridized carbons (Fsp3) is 0.833. The number of likely N-dealkylation sites (tertiary alicyclic amines) is 2. The van der Waals surface area contributed by atoms with Gasteiger partial charge >= 0.3 is 0 Å². The first-order valence-electron chi connectivity index (χ1n) is 9.52. The topological polar surface area (TPSA) is 74.3 Å². The number of aromatic nitrogens is 3. The molecule has 0 unspecified atom stereocenters. The lowest BCUT2D eigenvalue weighted by Crippen LogP contribution is -2.52. The van der Waals surface area contributed by atoms with Gasteiger partial charge in [0.25, 0.3) is 0 Å². The van der Waals surface area contributed by atoms with Crippen LogP contribution in [-0.2, 0) is 14.9 Å². The second-order valence-electron chi connectivity index (χ2n) is 7.99. The summed E-state index contributed by atoms with van der Waals surface area (Å²) < 4.78 is 5.05. The second kappa shape index (κ2) is 6.68. The van der Waals surface area contributed by atoms with Crippen LogP contribution in [0.15, 0.2) is 0 Å². The van der Waals surface area contributed by atoms with Gasteiger partial charge in [-0.1, -0.05) is 12.8 Å². The molecule has 7 nitrogen and oxygen atoms in total. The number of carbonyl (C=O) groups excluding carboxylic acids is 1. The van der Waals surface area contributed by atoms with Crippen LogP contribution < -0.4 is 0 Å². The number of rotatable bonds is 4. The van der Waals surface area contributed by atoms with E-state index in [4.69, 9.17) is 9.72 Å². The number of methoxy groups -OCH3 is 1. The van der Waals surface area contributed by atoms with Crippen LogP contribution in [0.4, 0.5) is 0 Å². The summed E-state index contributed by atoms with van der Waals surface area (Å²) in [5.41, 5.74) is -0.0167. The first-order valence-corrected chi connectivity index (χ1v) is 9.52. The van der Waals surface area contributed by atoms with Crippen LogP contribution >= 0.6 is 0 Å². The molecule has 25 heavy (non-hydrogen) atoms. The molecule has 1 aromatic rings. The van der Waals surface area contributed by atoms with Crippen LogP contribution in [0.3, 0.4) is 0 Å². The lowest BCUT2D eigenvalue weighted by atomic mass is 9.72. The van der Waals surface area contributed by atoms with E-state index >= 15 is 0 Å². The minimum atomic E-state index is -0.0167. The van der Waals surface area contributed by atoms with Crippen molar-refractivity contribution in [2.45, 2.75) is 50.5 Å². The molecular formula is C18H29N5O2. The average molecular weight is 347 g/mol. The number of hydrogen-bond donors (Lipinski definition) is 1. The van der Waals surface area contributed by atoms with Crippen LogP contribution in [-0.4, -0.2) is 76.8 Å². The minimum Gasteiger partial charge on any atom is -0.375 e. The molecule has 1 amide bonds. The first-order chi connectivity index (χ1) is 12.1. The summed E-state index contributed by atoms with van der Waals surface area (Å²) in [4.78, 5) is 21.7. The Morgan fingerprint density at radius 1 is 1.36 bits per heavy atom. The molecule has 2 atom stereocenters. The normalized spacial score (nSPS) is 30.8. The van der Waals surface area contributed by atoms with Gasteiger partial charge in [0.2, 0.25) is 5.91 Å². The molecule has 2 aliphatic heterocycles. The van der Waals surface area contributed by atoms with Gasteiger partial charge < -0.3 is 9.64 Å². The summed E-state index contributed by atoms with van der Waals surface area (Å²) in [7, 11) is 1.58. The van der Waals surface area contributed by atoms with Gasteiger partial charge in [0, 0.05) is 45.2 Å². The van der Waals surface area contributed by atoms with Gasteiger partial charge in [0.05, 0.1) is 5.41 Å². The molecule has 4 rings (SSSR count). The summed E-state index contributed by atoms with van der Waals surface area (Å²) in [5, 5.41) is 7.58. The molecule has 0 bridgehead atoms. The number of carbonyl (C=O) groups is 1. The van der Waals surface area contributed by atoms with Crippen LogP contribution in [0.1, 0.15) is 43.8 Å². The summed E-state index contributed by atoms with van der Waals surface area (Å²) in [6.45, 7) is 5.78. The highest BCUT2D eigenvalue weighted by atomic mass is 16.5. The summed E-state index contributed by atoms with van der Waals surface area (Å²) >= 11 is 0. The Labute approximate surface area is 149 Å². The zero-order valence-corrected chi connectivity index (χ0v) is 15.3. The summed E-state index contributed by atoms with van der Waals surface area (Å²) in [6, 6.07) is 0.700. The van der Waals surface area contributed by atoms with Gasteiger partial charge in [-0.15, -0.1) is 0 Å². The number of fused-ring (bicyclic) bond motifs is 1. The number of nitrogens with zero attached hydrogens (tertiary/aromatic N) is 4. The zero-order chi connectivity index (χ0) is 17.4.